The number of hydrogen-bond donors (Lipinski definition) is 2. The van der Waals surface area contributed by atoms with Crippen LogP contribution in [0.4, 0.5) is 10.1 Å². The third-order valence-corrected chi connectivity index (χ3v) is 2.59. The maximum Gasteiger partial charge on any atom is 0.163 e. The predicted molar refractivity (Wildman–Crippen MR) is 59.6 cm³/mol. The van der Waals surface area contributed by atoms with Crippen molar-refractivity contribution < 1.29 is 13.9 Å². The quantitative estimate of drug-likeness (QED) is 0.610. The van der Waals surface area contributed by atoms with E-state index in [1.165, 1.54) is 6.07 Å². The summed E-state index contributed by atoms with van der Waals surface area (Å²) >= 11 is 0. The first-order valence-corrected chi connectivity index (χ1v) is 5.46. The van der Waals surface area contributed by atoms with Gasteiger partial charge in [-0.3, -0.25) is 0 Å². The molecule has 5 nitrogen and oxygen atoms in total. The highest BCUT2D eigenvalue weighted by molar-refractivity contribution is 5.63. The van der Waals surface area contributed by atoms with E-state index in [2.05, 4.69) is 5.11 Å². The van der Waals surface area contributed by atoms with Crippen molar-refractivity contribution in [2.24, 2.45) is 10.8 Å². The Balaban J connectivity index is 2.31. The Morgan fingerprint density at radius 2 is 2.41 bits per heavy atom. The highest BCUT2D eigenvalue weighted by Gasteiger charge is 2.24. The van der Waals surface area contributed by atoms with Gasteiger partial charge in [-0.2, -0.15) is 5.11 Å². The maximum absolute atomic E-state index is 13.6. The Morgan fingerprint density at radius 3 is 3.12 bits per heavy atom. The van der Waals surface area contributed by atoms with Crippen LogP contribution in [-0.4, -0.2) is 19.8 Å². The first-order valence-electron chi connectivity index (χ1n) is 5.46. The van der Waals surface area contributed by atoms with Crippen LogP contribution in [0.5, 0.6) is 11.5 Å². The van der Waals surface area contributed by atoms with Gasteiger partial charge in [-0.15, -0.1) is 0 Å². The average molecular weight is 239 g/mol. The minimum absolute atomic E-state index is 0.0522. The molecule has 1 heterocycles. The van der Waals surface area contributed by atoms with Gasteiger partial charge in [0.15, 0.2) is 17.3 Å². The molecule has 0 atom stereocenters. The van der Waals surface area contributed by atoms with Crippen molar-refractivity contribution in [3.63, 3.8) is 0 Å². The Bertz CT molecular complexity index is 437. The summed E-state index contributed by atoms with van der Waals surface area (Å²) in [6.45, 7) is 1.44. The van der Waals surface area contributed by atoms with Crippen LogP contribution < -0.4 is 15.2 Å². The number of nitrogens with one attached hydrogen (secondary N) is 1. The summed E-state index contributed by atoms with van der Waals surface area (Å²) in [5, 5.41) is 3.15. The van der Waals surface area contributed by atoms with Crippen LogP contribution in [0.2, 0.25) is 0 Å². The molecule has 0 aliphatic carbocycles. The number of nitrogens with two attached hydrogens (primary N) is 1. The predicted octanol–water partition coefficient (Wildman–Crippen LogP) is 2.15. The van der Waals surface area contributed by atoms with Crippen LogP contribution in [0.25, 0.3) is 0 Å². The molecule has 0 aromatic heterocycles. The molecule has 0 fully saturated rings. The SMILES string of the molecule is N=Nc1c(F)cc(OCCCN)c2c1OCC2. The van der Waals surface area contributed by atoms with Gasteiger partial charge >= 0.3 is 0 Å². The lowest BCUT2D eigenvalue weighted by molar-refractivity contribution is 0.309. The number of rotatable bonds is 5. The van der Waals surface area contributed by atoms with Crippen LogP contribution >= 0.6 is 0 Å². The molecule has 0 saturated carbocycles. The van der Waals surface area contributed by atoms with Gasteiger partial charge in [0.05, 0.1) is 13.2 Å². The zero-order valence-corrected chi connectivity index (χ0v) is 9.33. The number of benzene rings is 1. The van der Waals surface area contributed by atoms with Gasteiger partial charge < -0.3 is 15.2 Å². The van der Waals surface area contributed by atoms with Gasteiger partial charge in [0, 0.05) is 18.1 Å². The summed E-state index contributed by atoms with van der Waals surface area (Å²) in [5.41, 5.74) is 13.0. The highest BCUT2D eigenvalue weighted by Crippen LogP contribution is 2.43. The van der Waals surface area contributed by atoms with Crippen LogP contribution in [0.15, 0.2) is 11.2 Å². The molecule has 2 rings (SSSR count). The van der Waals surface area contributed by atoms with E-state index in [0.717, 1.165) is 5.56 Å². The fourth-order valence-corrected chi connectivity index (χ4v) is 1.78. The molecule has 1 aliphatic heterocycles. The van der Waals surface area contributed by atoms with Crippen LogP contribution in [0, 0.1) is 11.3 Å². The van der Waals surface area contributed by atoms with E-state index in [1.807, 2.05) is 0 Å². The topological polar surface area (TPSA) is 80.7 Å². The standard InChI is InChI=1S/C11H14FN3O2/c12-8-6-9(16-4-1-3-13)7-2-5-17-11(7)10(8)15-14/h6,14H,1-5,13H2. The molecule has 1 aliphatic rings. The van der Waals surface area contributed by atoms with Crippen molar-refractivity contribution in [1.29, 1.82) is 5.53 Å². The van der Waals surface area contributed by atoms with Crippen LogP contribution in [0.1, 0.15) is 12.0 Å². The maximum atomic E-state index is 13.6. The third kappa shape index (κ3) is 2.21. The van der Waals surface area contributed by atoms with Crippen molar-refractivity contribution in [3.05, 3.63) is 17.4 Å². The third-order valence-electron chi connectivity index (χ3n) is 2.59. The summed E-state index contributed by atoms with van der Waals surface area (Å²) < 4.78 is 24.4. The molecule has 0 radical (unpaired) electrons. The van der Waals surface area contributed by atoms with E-state index < -0.39 is 5.82 Å². The van der Waals surface area contributed by atoms with Crippen LogP contribution in [-0.2, 0) is 6.42 Å². The van der Waals surface area contributed by atoms with Crippen LogP contribution in [0.3, 0.4) is 0 Å². The summed E-state index contributed by atoms with van der Waals surface area (Å²) in [6.07, 6.45) is 1.36. The first kappa shape index (κ1) is 11.8. The van der Waals surface area contributed by atoms with Gasteiger partial charge in [-0.25, -0.2) is 9.92 Å². The second-order valence-electron chi connectivity index (χ2n) is 3.71. The van der Waals surface area contributed by atoms with E-state index in [-0.39, 0.29) is 5.69 Å². The van der Waals surface area contributed by atoms with Gasteiger partial charge in [-0.1, -0.05) is 0 Å². The Kier molecular flexibility index (Phi) is 3.53. The van der Waals surface area contributed by atoms with Gasteiger partial charge in [-0.05, 0) is 13.0 Å². The van der Waals surface area contributed by atoms with Crippen molar-refractivity contribution >= 4 is 5.69 Å². The normalized spacial score (nSPS) is 13.1. The zero-order valence-electron chi connectivity index (χ0n) is 9.33. The Morgan fingerprint density at radius 1 is 1.59 bits per heavy atom. The second-order valence-corrected chi connectivity index (χ2v) is 3.71. The summed E-state index contributed by atoms with van der Waals surface area (Å²) in [6, 6.07) is 1.26. The molecule has 92 valence electrons. The number of fused-ring (bicyclic) bond motifs is 1. The van der Waals surface area contributed by atoms with E-state index >= 15 is 0 Å². The smallest absolute Gasteiger partial charge is 0.163 e. The van der Waals surface area contributed by atoms with E-state index in [1.54, 1.807) is 0 Å². The number of halogens is 1. The van der Waals surface area contributed by atoms with Gasteiger partial charge in [0.1, 0.15) is 5.75 Å². The second kappa shape index (κ2) is 5.09. The average Bonchev–Trinajstić information content (AvgIpc) is 2.78. The lowest BCUT2D eigenvalue weighted by atomic mass is 10.1. The molecular weight excluding hydrogens is 225 g/mol. The monoisotopic (exact) mass is 239 g/mol. The van der Waals surface area contributed by atoms with Crippen molar-refractivity contribution in [3.8, 4) is 11.5 Å². The molecule has 3 N–H and O–H groups in total. The molecular formula is C11H14FN3O2. The fraction of sp³-hybridized carbons (Fsp3) is 0.455. The van der Waals surface area contributed by atoms with Crippen molar-refractivity contribution in [1.82, 2.24) is 0 Å². The molecule has 0 spiro atoms. The molecule has 1 aromatic rings. The summed E-state index contributed by atoms with van der Waals surface area (Å²) in [4.78, 5) is 0. The molecule has 1 aromatic carbocycles. The number of hydrogen-bond acceptors (Lipinski definition) is 5. The lowest BCUT2D eigenvalue weighted by Gasteiger charge is -2.11. The number of nitrogens with zero attached hydrogens (tertiary/aromatic N) is 1. The summed E-state index contributed by atoms with van der Waals surface area (Å²) in [7, 11) is 0. The van der Waals surface area contributed by atoms with Gasteiger partial charge in [0.2, 0.25) is 0 Å². The molecule has 0 amide bonds. The van der Waals surface area contributed by atoms with E-state index in [9.17, 15) is 4.39 Å². The van der Waals surface area contributed by atoms with Crippen molar-refractivity contribution in [2.75, 3.05) is 19.8 Å². The summed E-state index contributed by atoms with van der Waals surface area (Å²) in [5.74, 6) is 0.210. The lowest BCUT2D eigenvalue weighted by Crippen LogP contribution is -2.07. The Hall–Kier alpha value is -1.69. The largest absolute Gasteiger partial charge is 0.493 e. The van der Waals surface area contributed by atoms with Gasteiger partial charge in [0.25, 0.3) is 0 Å². The minimum atomic E-state index is -0.594. The van der Waals surface area contributed by atoms with E-state index in [4.69, 9.17) is 20.7 Å². The number of ether oxygens (including phenoxy) is 2. The molecule has 0 bridgehead atoms. The first-order chi connectivity index (χ1) is 8.27. The minimum Gasteiger partial charge on any atom is -0.493 e. The highest BCUT2D eigenvalue weighted by atomic mass is 19.1. The zero-order chi connectivity index (χ0) is 12.3. The molecule has 6 heteroatoms. The Labute approximate surface area is 98.2 Å². The van der Waals surface area contributed by atoms with Crippen molar-refractivity contribution in [2.45, 2.75) is 12.8 Å². The molecule has 0 unspecified atom stereocenters. The molecule has 17 heavy (non-hydrogen) atoms. The fourth-order valence-electron chi connectivity index (χ4n) is 1.78. The van der Waals surface area contributed by atoms with E-state index in [0.29, 0.717) is 44.1 Å². The molecule has 0 saturated heterocycles.